The third-order valence-electron chi connectivity index (χ3n) is 2.45. The standard InChI is InChI=1S/C12H19NO3S/c1-3-13(11-7-5-4-6-8-11)9-12(14)10-17(15)16-2/h4-8,12,14H,3,9-10H2,1-2H3. The fourth-order valence-electron chi connectivity index (χ4n) is 1.59. The molecule has 17 heavy (non-hydrogen) atoms. The van der Waals surface area contributed by atoms with E-state index in [1.54, 1.807) is 0 Å². The highest BCUT2D eigenvalue weighted by Crippen LogP contribution is 2.13. The molecule has 0 bridgehead atoms. The summed E-state index contributed by atoms with van der Waals surface area (Å²) in [6.45, 7) is 3.27. The second kappa shape index (κ2) is 7.42. The molecule has 0 aliphatic rings. The Kier molecular flexibility index (Phi) is 6.18. The summed E-state index contributed by atoms with van der Waals surface area (Å²) in [6.07, 6.45) is -0.657. The third-order valence-corrected chi connectivity index (χ3v) is 3.48. The van der Waals surface area contributed by atoms with Crippen molar-refractivity contribution < 1.29 is 13.5 Å². The molecule has 0 aliphatic heterocycles. The summed E-state index contributed by atoms with van der Waals surface area (Å²) in [5.74, 6) is 0.139. The van der Waals surface area contributed by atoms with E-state index in [9.17, 15) is 9.32 Å². The van der Waals surface area contributed by atoms with E-state index >= 15 is 0 Å². The SMILES string of the molecule is CCN(CC(O)CS(=O)OC)c1ccccc1. The minimum atomic E-state index is -1.41. The van der Waals surface area contributed by atoms with E-state index in [-0.39, 0.29) is 5.75 Å². The summed E-state index contributed by atoms with van der Waals surface area (Å²) in [7, 11) is 1.37. The van der Waals surface area contributed by atoms with Crippen LogP contribution < -0.4 is 4.90 Å². The predicted molar refractivity (Wildman–Crippen MR) is 70.4 cm³/mol. The molecule has 1 rings (SSSR count). The molecule has 0 heterocycles. The molecule has 0 saturated heterocycles. The number of likely N-dealkylation sites (N-methyl/N-ethyl adjacent to an activating group) is 1. The number of hydrogen-bond donors (Lipinski definition) is 1. The first-order valence-corrected chi connectivity index (χ1v) is 6.82. The molecule has 5 heteroatoms. The van der Waals surface area contributed by atoms with Gasteiger partial charge in [-0.1, -0.05) is 18.2 Å². The maximum atomic E-state index is 11.1. The van der Waals surface area contributed by atoms with Crippen LogP contribution in [0.25, 0.3) is 0 Å². The molecule has 1 aromatic carbocycles. The first kappa shape index (κ1) is 14.2. The van der Waals surface area contributed by atoms with E-state index < -0.39 is 17.2 Å². The van der Waals surface area contributed by atoms with E-state index in [4.69, 9.17) is 0 Å². The number of aliphatic hydroxyl groups is 1. The lowest BCUT2D eigenvalue weighted by atomic mass is 10.2. The Hall–Kier alpha value is -0.910. The molecule has 0 amide bonds. The van der Waals surface area contributed by atoms with Crippen LogP contribution in [0.15, 0.2) is 30.3 Å². The maximum Gasteiger partial charge on any atom is 0.157 e. The van der Waals surface area contributed by atoms with Crippen LogP contribution in [0.3, 0.4) is 0 Å². The summed E-state index contributed by atoms with van der Waals surface area (Å²) < 4.78 is 15.8. The van der Waals surface area contributed by atoms with Gasteiger partial charge in [0.1, 0.15) is 0 Å². The number of hydrogen-bond acceptors (Lipinski definition) is 4. The Bertz CT molecular complexity index is 345. The molecule has 0 spiro atoms. The van der Waals surface area contributed by atoms with Gasteiger partial charge in [0.2, 0.25) is 0 Å². The molecule has 4 nitrogen and oxygen atoms in total. The fraction of sp³-hybridized carbons (Fsp3) is 0.500. The van der Waals surface area contributed by atoms with Crippen LogP contribution in [-0.4, -0.2) is 41.4 Å². The van der Waals surface area contributed by atoms with Crippen molar-refractivity contribution in [3.8, 4) is 0 Å². The summed E-state index contributed by atoms with van der Waals surface area (Å²) >= 11 is -1.41. The van der Waals surface area contributed by atoms with E-state index in [1.807, 2.05) is 42.2 Å². The summed E-state index contributed by atoms with van der Waals surface area (Å²) in [4.78, 5) is 2.04. The lowest BCUT2D eigenvalue weighted by molar-refractivity contribution is 0.201. The third kappa shape index (κ3) is 4.85. The second-order valence-corrected chi connectivity index (χ2v) is 4.94. The molecule has 0 saturated carbocycles. The highest BCUT2D eigenvalue weighted by Gasteiger charge is 2.13. The second-order valence-electron chi connectivity index (χ2n) is 3.67. The Morgan fingerprint density at radius 3 is 2.59 bits per heavy atom. The quantitative estimate of drug-likeness (QED) is 0.797. The van der Waals surface area contributed by atoms with Gasteiger partial charge in [0.05, 0.1) is 19.0 Å². The van der Waals surface area contributed by atoms with Gasteiger partial charge >= 0.3 is 0 Å². The van der Waals surface area contributed by atoms with Crippen LogP contribution in [0, 0.1) is 0 Å². The maximum absolute atomic E-state index is 11.1. The van der Waals surface area contributed by atoms with Crippen molar-refractivity contribution in [2.24, 2.45) is 0 Å². The van der Waals surface area contributed by atoms with Gasteiger partial charge in [-0.2, -0.15) is 0 Å². The minimum absolute atomic E-state index is 0.139. The Labute approximate surface area is 105 Å². The largest absolute Gasteiger partial charge is 0.390 e. The monoisotopic (exact) mass is 257 g/mol. The van der Waals surface area contributed by atoms with Crippen LogP contribution in [0.1, 0.15) is 6.92 Å². The van der Waals surface area contributed by atoms with Crippen LogP contribution in [0.4, 0.5) is 5.69 Å². The highest BCUT2D eigenvalue weighted by atomic mass is 32.2. The number of nitrogens with zero attached hydrogens (tertiary/aromatic N) is 1. The highest BCUT2D eigenvalue weighted by molar-refractivity contribution is 7.80. The average molecular weight is 257 g/mol. The normalized spacial score (nSPS) is 14.3. The molecule has 0 radical (unpaired) electrons. The topological polar surface area (TPSA) is 49.8 Å². The van der Waals surface area contributed by atoms with Gasteiger partial charge in [-0.25, -0.2) is 4.21 Å². The van der Waals surface area contributed by atoms with Crippen LogP contribution in [-0.2, 0) is 15.3 Å². The molecule has 2 atom stereocenters. The van der Waals surface area contributed by atoms with Gasteiger partial charge in [0, 0.05) is 18.8 Å². The average Bonchev–Trinajstić information content (AvgIpc) is 2.36. The lowest BCUT2D eigenvalue weighted by Crippen LogP contribution is -2.35. The van der Waals surface area contributed by atoms with E-state index in [0.717, 1.165) is 12.2 Å². The smallest absolute Gasteiger partial charge is 0.157 e. The molecule has 0 aliphatic carbocycles. The van der Waals surface area contributed by atoms with Gasteiger partial charge in [0.15, 0.2) is 11.1 Å². The zero-order chi connectivity index (χ0) is 12.7. The van der Waals surface area contributed by atoms with Crippen molar-refractivity contribution >= 4 is 16.8 Å². The molecule has 2 unspecified atom stereocenters. The molecule has 0 fully saturated rings. The Balaban J connectivity index is 2.55. The van der Waals surface area contributed by atoms with E-state index in [2.05, 4.69) is 4.18 Å². The number of aliphatic hydroxyl groups excluding tert-OH is 1. The molecule has 96 valence electrons. The molecule has 1 N–H and O–H groups in total. The van der Waals surface area contributed by atoms with Crippen LogP contribution in [0.2, 0.25) is 0 Å². The number of para-hydroxylation sites is 1. The Morgan fingerprint density at radius 1 is 1.41 bits per heavy atom. The van der Waals surface area contributed by atoms with Crippen molar-refractivity contribution in [3.05, 3.63) is 30.3 Å². The van der Waals surface area contributed by atoms with E-state index in [1.165, 1.54) is 7.11 Å². The van der Waals surface area contributed by atoms with Gasteiger partial charge < -0.3 is 10.0 Å². The number of benzene rings is 1. The zero-order valence-electron chi connectivity index (χ0n) is 10.2. The van der Waals surface area contributed by atoms with Crippen molar-refractivity contribution in [1.82, 2.24) is 0 Å². The summed E-state index contributed by atoms with van der Waals surface area (Å²) in [5.41, 5.74) is 1.05. The van der Waals surface area contributed by atoms with Gasteiger partial charge in [0.25, 0.3) is 0 Å². The van der Waals surface area contributed by atoms with Gasteiger partial charge in [-0.05, 0) is 19.1 Å². The van der Waals surface area contributed by atoms with Gasteiger partial charge in [-0.3, -0.25) is 4.18 Å². The molecule has 0 aromatic heterocycles. The van der Waals surface area contributed by atoms with Crippen LogP contribution in [0.5, 0.6) is 0 Å². The van der Waals surface area contributed by atoms with Crippen molar-refractivity contribution in [2.75, 3.05) is 30.9 Å². The lowest BCUT2D eigenvalue weighted by Gasteiger charge is -2.25. The molecular formula is C12H19NO3S. The van der Waals surface area contributed by atoms with Gasteiger partial charge in [-0.15, -0.1) is 0 Å². The Morgan fingerprint density at radius 2 is 2.06 bits per heavy atom. The van der Waals surface area contributed by atoms with Crippen molar-refractivity contribution in [1.29, 1.82) is 0 Å². The predicted octanol–water partition coefficient (Wildman–Crippen LogP) is 1.18. The van der Waals surface area contributed by atoms with E-state index in [0.29, 0.717) is 6.54 Å². The molecule has 1 aromatic rings. The first-order valence-electron chi connectivity index (χ1n) is 5.58. The van der Waals surface area contributed by atoms with Crippen molar-refractivity contribution in [3.63, 3.8) is 0 Å². The first-order chi connectivity index (χ1) is 8.17. The van der Waals surface area contributed by atoms with Crippen LogP contribution >= 0.6 is 0 Å². The molecular weight excluding hydrogens is 238 g/mol. The summed E-state index contributed by atoms with van der Waals surface area (Å²) in [6, 6.07) is 9.84. The minimum Gasteiger partial charge on any atom is -0.390 e. The fourth-order valence-corrected chi connectivity index (χ4v) is 2.14. The summed E-state index contributed by atoms with van der Waals surface area (Å²) in [5, 5.41) is 9.80. The van der Waals surface area contributed by atoms with Crippen molar-refractivity contribution in [2.45, 2.75) is 13.0 Å². The zero-order valence-corrected chi connectivity index (χ0v) is 11.0. The number of anilines is 1. The number of rotatable bonds is 7.